The molecule has 0 aliphatic carbocycles. The fraction of sp³-hybridized carbons (Fsp3) is 0.400. The number of ether oxygens (including phenoxy) is 1. The highest BCUT2D eigenvalue weighted by atomic mass is 19.4. The van der Waals surface area contributed by atoms with Crippen LogP contribution in [-0.4, -0.2) is 22.2 Å². The van der Waals surface area contributed by atoms with Gasteiger partial charge < -0.3 is 9.15 Å². The lowest BCUT2D eigenvalue weighted by atomic mass is 10.1. The average Bonchev–Trinajstić information content (AvgIpc) is 2.93. The first-order valence-corrected chi connectivity index (χ1v) is 8.66. The minimum atomic E-state index is -4.48. The fourth-order valence-corrected chi connectivity index (χ4v) is 2.28. The monoisotopic (exact) mass is 380 g/mol. The van der Waals surface area contributed by atoms with Gasteiger partial charge in [-0.15, -0.1) is 0 Å². The highest BCUT2D eigenvalue weighted by molar-refractivity contribution is 5.65. The van der Waals surface area contributed by atoms with Crippen molar-refractivity contribution in [3.05, 3.63) is 47.1 Å². The first kappa shape index (κ1) is 20.7. The Balaban J connectivity index is 2.50. The molecule has 0 N–H and O–H groups in total. The van der Waals surface area contributed by atoms with Crippen molar-refractivity contribution in [3.8, 4) is 17.2 Å². The van der Waals surface area contributed by atoms with Crippen LogP contribution in [0, 0.1) is 6.92 Å². The predicted octanol–water partition coefficient (Wildman–Crippen LogP) is 6.13. The van der Waals surface area contributed by atoms with E-state index in [0.717, 1.165) is 12.2 Å². The highest BCUT2D eigenvalue weighted by Crippen LogP contribution is 2.33. The van der Waals surface area contributed by atoms with Gasteiger partial charge in [0, 0.05) is 6.20 Å². The molecule has 2 aromatic heterocycles. The van der Waals surface area contributed by atoms with Crippen LogP contribution in [0.15, 0.2) is 40.1 Å². The SMILES string of the molecule is CCC(C)=C/C(=C\c1nc(-c2ccncc2OC(C)C)oc1C)C(F)(F)F. The van der Waals surface area contributed by atoms with Crippen molar-refractivity contribution in [3.63, 3.8) is 0 Å². The van der Waals surface area contributed by atoms with Crippen molar-refractivity contribution in [2.45, 2.75) is 53.3 Å². The Hall–Kier alpha value is -2.57. The van der Waals surface area contributed by atoms with E-state index in [2.05, 4.69) is 9.97 Å². The summed E-state index contributed by atoms with van der Waals surface area (Å²) in [5, 5.41) is 0. The number of alkyl halides is 3. The number of allylic oxidation sites excluding steroid dienone is 3. The molecule has 2 aromatic rings. The van der Waals surface area contributed by atoms with E-state index in [1.165, 1.54) is 6.20 Å². The van der Waals surface area contributed by atoms with Crippen molar-refractivity contribution >= 4 is 6.08 Å². The molecule has 2 rings (SSSR count). The van der Waals surface area contributed by atoms with Gasteiger partial charge in [-0.2, -0.15) is 13.2 Å². The van der Waals surface area contributed by atoms with E-state index in [1.54, 1.807) is 33.0 Å². The second-order valence-electron chi connectivity index (χ2n) is 6.44. The summed E-state index contributed by atoms with van der Waals surface area (Å²) in [5.41, 5.74) is 0.528. The Labute approximate surface area is 156 Å². The van der Waals surface area contributed by atoms with Gasteiger partial charge in [-0.3, -0.25) is 4.98 Å². The first-order chi connectivity index (χ1) is 12.6. The van der Waals surface area contributed by atoms with Crippen molar-refractivity contribution in [2.24, 2.45) is 0 Å². The smallest absolute Gasteiger partial charge is 0.416 e. The maximum Gasteiger partial charge on any atom is 0.416 e. The molecule has 0 fully saturated rings. The molecule has 0 spiro atoms. The zero-order chi connectivity index (χ0) is 20.2. The second kappa shape index (κ2) is 8.41. The Kier molecular flexibility index (Phi) is 6.46. The minimum absolute atomic E-state index is 0.0950. The number of hydrogen-bond donors (Lipinski definition) is 0. The molecule has 0 radical (unpaired) electrons. The number of nitrogens with zero attached hydrogens (tertiary/aromatic N) is 2. The lowest BCUT2D eigenvalue weighted by Crippen LogP contribution is -2.10. The Morgan fingerprint density at radius 1 is 1.33 bits per heavy atom. The number of aromatic nitrogens is 2. The van der Waals surface area contributed by atoms with Crippen molar-refractivity contribution in [1.29, 1.82) is 0 Å². The summed E-state index contributed by atoms with van der Waals surface area (Å²) in [6, 6.07) is 1.66. The van der Waals surface area contributed by atoms with Gasteiger partial charge in [0.25, 0.3) is 0 Å². The maximum atomic E-state index is 13.4. The summed E-state index contributed by atoms with van der Waals surface area (Å²) in [7, 11) is 0. The molecule has 0 bridgehead atoms. The van der Waals surface area contributed by atoms with Crippen LogP contribution >= 0.6 is 0 Å². The molecule has 0 atom stereocenters. The molecule has 0 saturated carbocycles. The minimum Gasteiger partial charge on any atom is -0.489 e. The quantitative estimate of drug-likeness (QED) is 0.565. The number of oxazole rings is 1. The maximum absolute atomic E-state index is 13.4. The molecule has 4 nitrogen and oxygen atoms in total. The average molecular weight is 380 g/mol. The zero-order valence-electron chi connectivity index (χ0n) is 16.0. The molecular weight excluding hydrogens is 357 g/mol. The van der Waals surface area contributed by atoms with Gasteiger partial charge >= 0.3 is 6.18 Å². The molecule has 0 aromatic carbocycles. The highest BCUT2D eigenvalue weighted by Gasteiger charge is 2.32. The third kappa shape index (κ3) is 5.45. The van der Waals surface area contributed by atoms with Crippen LogP contribution in [0.3, 0.4) is 0 Å². The molecule has 0 aliphatic rings. The summed E-state index contributed by atoms with van der Waals surface area (Å²) >= 11 is 0. The summed E-state index contributed by atoms with van der Waals surface area (Å²) < 4.78 is 51.4. The van der Waals surface area contributed by atoms with Crippen molar-refractivity contribution < 1.29 is 22.3 Å². The zero-order valence-corrected chi connectivity index (χ0v) is 16.0. The summed E-state index contributed by atoms with van der Waals surface area (Å²) in [4.78, 5) is 8.27. The number of pyridine rings is 1. The Bertz CT molecular complexity index is 849. The van der Waals surface area contributed by atoms with E-state index < -0.39 is 11.7 Å². The lowest BCUT2D eigenvalue weighted by molar-refractivity contribution is -0.0873. The molecule has 2 heterocycles. The van der Waals surface area contributed by atoms with Gasteiger partial charge in [-0.05, 0) is 46.3 Å². The van der Waals surface area contributed by atoms with Crippen LogP contribution in [0.25, 0.3) is 17.5 Å². The third-order valence-electron chi connectivity index (χ3n) is 3.79. The molecule has 27 heavy (non-hydrogen) atoms. The summed E-state index contributed by atoms with van der Waals surface area (Å²) in [6.07, 6.45) is 1.17. The van der Waals surface area contributed by atoms with Crippen LogP contribution in [0.4, 0.5) is 13.2 Å². The third-order valence-corrected chi connectivity index (χ3v) is 3.79. The topological polar surface area (TPSA) is 48.2 Å². The second-order valence-corrected chi connectivity index (χ2v) is 6.44. The van der Waals surface area contributed by atoms with Crippen molar-refractivity contribution in [2.75, 3.05) is 0 Å². The molecule has 0 unspecified atom stereocenters. The standard InChI is InChI=1S/C20H23F3N2O2/c1-6-13(4)9-15(20(21,22)23)10-17-14(5)27-19(25-17)16-7-8-24-11-18(16)26-12(2)3/h7-12H,6H2,1-5H3/b13-9?,15-10+. The number of rotatable bonds is 6. The molecule has 146 valence electrons. The molecular formula is C20H23F3N2O2. The summed E-state index contributed by atoms with van der Waals surface area (Å²) in [5.74, 6) is 0.943. The fourth-order valence-electron chi connectivity index (χ4n) is 2.28. The van der Waals surface area contributed by atoms with Gasteiger partial charge in [-0.1, -0.05) is 18.6 Å². The van der Waals surface area contributed by atoms with Crippen LogP contribution in [0.1, 0.15) is 45.6 Å². The lowest BCUT2D eigenvalue weighted by Gasteiger charge is -2.11. The number of halogens is 3. The largest absolute Gasteiger partial charge is 0.489 e. The molecule has 7 heteroatoms. The van der Waals surface area contributed by atoms with E-state index in [-0.39, 0.29) is 17.7 Å². The van der Waals surface area contributed by atoms with Gasteiger partial charge in [-0.25, -0.2) is 4.98 Å². The molecule has 0 saturated heterocycles. The van der Waals surface area contributed by atoms with E-state index >= 15 is 0 Å². The predicted molar refractivity (Wildman–Crippen MR) is 98.3 cm³/mol. The van der Waals surface area contributed by atoms with E-state index in [4.69, 9.17) is 9.15 Å². The van der Waals surface area contributed by atoms with E-state index in [1.807, 2.05) is 13.8 Å². The van der Waals surface area contributed by atoms with Gasteiger partial charge in [0.15, 0.2) is 5.75 Å². The first-order valence-electron chi connectivity index (χ1n) is 8.66. The number of hydrogen-bond acceptors (Lipinski definition) is 4. The van der Waals surface area contributed by atoms with Crippen molar-refractivity contribution in [1.82, 2.24) is 9.97 Å². The normalized spacial score (nSPS) is 13.4. The molecule has 0 amide bonds. The van der Waals surface area contributed by atoms with Crippen LogP contribution < -0.4 is 4.74 Å². The number of aryl methyl sites for hydroxylation is 1. The Morgan fingerprint density at radius 3 is 2.63 bits per heavy atom. The van der Waals surface area contributed by atoms with E-state index in [0.29, 0.717) is 29.1 Å². The van der Waals surface area contributed by atoms with Crippen LogP contribution in [0.5, 0.6) is 5.75 Å². The van der Waals surface area contributed by atoms with E-state index in [9.17, 15) is 13.2 Å². The van der Waals surface area contributed by atoms with Gasteiger partial charge in [0.2, 0.25) is 5.89 Å². The van der Waals surface area contributed by atoms with Gasteiger partial charge in [0.1, 0.15) is 11.5 Å². The van der Waals surface area contributed by atoms with Gasteiger partial charge in [0.05, 0.1) is 23.4 Å². The van der Waals surface area contributed by atoms with Crippen LogP contribution in [0.2, 0.25) is 0 Å². The molecule has 0 aliphatic heterocycles. The Morgan fingerprint density at radius 2 is 2.04 bits per heavy atom. The van der Waals surface area contributed by atoms with Crippen LogP contribution in [-0.2, 0) is 0 Å². The summed E-state index contributed by atoms with van der Waals surface area (Å²) in [6.45, 7) is 8.77.